The predicted molar refractivity (Wildman–Crippen MR) is 131 cm³/mol. The standard InChI is InChI=1S/C24H38N6O10/c31-17-15-11-29-9-13(25-27-29)5-1-2-6-14-10-30(28-26-14)12-16-18(32)20(34)22(36)24(40-16)38-8-4-3-7-37-23(39-15)21(35)19(17)33/h9-10,15-24,31-36H,1-8,11-12H2/t15-,16-,17-,18-,19+,20+,21-,22-,23-,24-/m1/s1. The Morgan fingerprint density at radius 1 is 0.575 bits per heavy atom. The van der Waals surface area contributed by atoms with E-state index in [1.54, 1.807) is 12.4 Å². The molecule has 40 heavy (non-hydrogen) atoms. The molecule has 16 heteroatoms. The molecule has 16 nitrogen and oxygen atoms in total. The third-order valence-corrected chi connectivity index (χ3v) is 7.46. The van der Waals surface area contributed by atoms with Crippen LogP contribution in [0, 0.1) is 0 Å². The summed E-state index contributed by atoms with van der Waals surface area (Å²) in [6, 6.07) is 0. The Bertz CT molecular complexity index is 990. The zero-order chi connectivity index (χ0) is 28.2. The van der Waals surface area contributed by atoms with Gasteiger partial charge in [0.15, 0.2) is 12.6 Å². The van der Waals surface area contributed by atoms with Crippen LogP contribution in [0.3, 0.4) is 0 Å². The molecular weight excluding hydrogens is 532 g/mol. The Morgan fingerprint density at radius 3 is 1.43 bits per heavy atom. The molecule has 2 aromatic rings. The van der Waals surface area contributed by atoms with Crippen LogP contribution in [-0.2, 0) is 44.9 Å². The number of aryl methyl sites for hydroxylation is 2. The minimum Gasteiger partial charge on any atom is -0.388 e. The molecule has 2 fully saturated rings. The summed E-state index contributed by atoms with van der Waals surface area (Å²) in [5.74, 6) is 0. The molecule has 0 saturated carbocycles. The lowest BCUT2D eigenvalue weighted by Crippen LogP contribution is -2.59. The topological polar surface area (TPSA) is 220 Å². The van der Waals surface area contributed by atoms with Gasteiger partial charge in [-0.15, -0.1) is 10.2 Å². The second-order valence-corrected chi connectivity index (χ2v) is 10.5. The molecule has 6 N–H and O–H groups in total. The molecule has 0 aliphatic carbocycles. The Morgan fingerprint density at radius 2 is 1.00 bits per heavy atom. The van der Waals surface area contributed by atoms with E-state index in [2.05, 4.69) is 20.6 Å². The molecule has 2 saturated heterocycles. The number of hydrogen-bond donors (Lipinski definition) is 6. The van der Waals surface area contributed by atoms with Gasteiger partial charge in [0.2, 0.25) is 0 Å². The number of rotatable bonds is 0. The van der Waals surface area contributed by atoms with E-state index in [9.17, 15) is 30.6 Å². The molecular formula is C24H38N6O10. The number of aliphatic hydroxyl groups excluding tert-OH is 6. The Hall–Kier alpha value is -2.12. The van der Waals surface area contributed by atoms with Crippen molar-refractivity contribution >= 4 is 0 Å². The number of fused-ring (bicyclic) bond motifs is 8. The third kappa shape index (κ3) is 6.84. The van der Waals surface area contributed by atoms with Crippen LogP contribution in [0.15, 0.2) is 12.4 Å². The highest BCUT2D eigenvalue weighted by Gasteiger charge is 2.45. The van der Waals surface area contributed by atoms with Crippen molar-refractivity contribution in [1.29, 1.82) is 0 Å². The first-order chi connectivity index (χ1) is 19.3. The van der Waals surface area contributed by atoms with Gasteiger partial charge in [0, 0.05) is 25.6 Å². The van der Waals surface area contributed by atoms with Crippen molar-refractivity contribution in [3.63, 3.8) is 0 Å². The summed E-state index contributed by atoms with van der Waals surface area (Å²) in [4.78, 5) is 0. The third-order valence-electron chi connectivity index (χ3n) is 7.46. The van der Waals surface area contributed by atoms with Crippen LogP contribution in [0.2, 0.25) is 0 Å². The van der Waals surface area contributed by atoms with Gasteiger partial charge in [0.05, 0.1) is 24.5 Å². The summed E-state index contributed by atoms with van der Waals surface area (Å²) in [5, 5.41) is 78.9. The first-order valence-electron chi connectivity index (χ1n) is 13.7. The first-order valence-corrected chi connectivity index (χ1v) is 13.7. The molecule has 8 bridgehead atoms. The molecule has 224 valence electrons. The summed E-state index contributed by atoms with van der Waals surface area (Å²) in [7, 11) is 0. The van der Waals surface area contributed by atoms with Gasteiger partial charge in [0.25, 0.3) is 0 Å². The molecule has 0 aromatic carbocycles. The average molecular weight is 571 g/mol. The largest absolute Gasteiger partial charge is 0.388 e. The zero-order valence-corrected chi connectivity index (χ0v) is 22.0. The SMILES string of the molecule is O[C@@H]1[C@@H](O)[C@@H]2OCCCCO[C@@H]3O[C@H](Cn4cc(nn4)CCCCc4cn(nn4)C[C@@H](O2)[C@H]1O)[C@@H](O)[C@H](O)[C@H]3O. The smallest absolute Gasteiger partial charge is 0.186 e. The summed E-state index contributed by atoms with van der Waals surface area (Å²) in [5.41, 5.74) is 1.52. The van der Waals surface area contributed by atoms with Crippen molar-refractivity contribution in [1.82, 2.24) is 30.0 Å². The van der Waals surface area contributed by atoms with Crippen LogP contribution >= 0.6 is 0 Å². The minimum absolute atomic E-state index is 0.111. The summed E-state index contributed by atoms with van der Waals surface area (Å²) in [6.07, 6.45) is -5.18. The number of ether oxygens (including phenoxy) is 4. The molecule has 2 aromatic heterocycles. The monoisotopic (exact) mass is 570 g/mol. The van der Waals surface area contributed by atoms with Gasteiger partial charge in [-0.2, -0.15) is 0 Å². The normalized spacial score (nSPS) is 38.9. The molecule has 0 unspecified atom stereocenters. The van der Waals surface area contributed by atoms with Gasteiger partial charge in [-0.1, -0.05) is 10.4 Å². The van der Waals surface area contributed by atoms with E-state index < -0.39 is 61.4 Å². The fourth-order valence-corrected chi connectivity index (χ4v) is 5.08. The van der Waals surface area contributed by atoms with E-state index in [4.69, 9.17) is 18.9 Å². The van der Waals surface area contributed by atoms with Gasteiger partial charge >= 0.3 is 0 Å². The molecule has 5 rings (SSSR count). The number of aromatic nitrogens is 6. The van der Waals surface area contributed by atoms with E-state index in [-0.39, 0.29) is 26.3 Å². The van der Waals surface area contributed by atoms with Crippen LogP contribution in [-0.4, -0.2) is 135 Å². The van der Waals surface area contributed by atoms with Crippen LogP contribution in [0.1, 0.15) is 37.1 Å². The maximum Gasteiger partial charge on any atom is 0.186 e. The molecule has 10 atom stereocenters. The molecule has 3 aliphatic heterocycles. The predicted octanol–water partition coefficient (Wildman–Crippen LogP) is -3.12. The van der Waals surface area contributed by atoms with E-state index in [0.717, 1.165) is 24.2 Å². The van der Waals surface area contributed by atoms with Crippen LogP contribution in [0.25, 0.3) is 0 Å². The first kappa shape index (κ1) is 29.4. The molecule has 0 spiro atoms. The zero-order valence-electron chi connectivity index (χ0n) is 22.0. The number of hydrogen-bond acceptors (Lipinski definition) is 14. The minimum atomic E-state index is -1.47. The van der Waals surface area contributed by atoms with Crippen molar-refractivity contribution in [2.75, 3.05) is 13.2 Å². The molecule has 3 aliphatic rings. The van der Waals surface area contributed by atoms with Crippen molar-refractivity contribution in [3.05, 3.63) is 23.8 Å². The lowest BCUT2D eigenvalue weighted by atomic mass is 9.99. The molecule has 5 heterocycles. The van der Waals surface area contributed by atoms with E-state index in [0.29, 0.717) is 25.7 Å². The van der Waals surface area contributed by atoms with E-state index in [1.807, 2.05) is 0 Å². The summed E-state index contributed by atoms with van der Waals surface area (Å²) < 4.78 is 25.9. The van der Waals surface area contributed by atoms with E-state index >= 15 is 0 Å². The Labute approximate surface area is 230 Å². The molecule has 0 radical (unpaired) electrons. The quantitative estimate of drug-likeness (QED) is 0.185. The highest BCUT2D eigenvalue weighted by molar-refractivity contribution is 4.97. The van der Waals surface area contributed by atoms with Crippen molar-refractivity contribution in [3.8, 4) is 0 Å². The average Bonchev–Trinajstić information content (AvgIpc) is 3.59. The highest BCUT2D eigenvalue weighted by Crippen LogP contribution is 2.25. The van der Waals surface area contributed by atoms with Crippen LogP contribution in [0.4, 0.5) is 0 Å². The van der Waals surface area contributed by atoms with Gasteiger partial charge in [-0.3, -0.25) is 0 Å². The van der Waals surface area contributed by atoms with Crippen molar-refractivity contribution in [2.24, 2.45) is 0 Å². The second-order valence-electron chi connectivity index (χ2n) is 10.5. The van der Waals surface area contributed by atoms with Crippen molar-refractivity contribution in [2.45, 2.75) is 113 Å². The number of aliphatic hydroxyl groups is 6. The lowest BCUT2D eigenvalue weighted by molar-refractivity contribution is -0.302. The highest BCUT2D eigenvalue weighted by atomic mass is 16.7. The van der Waals surface area contributed by atoms with Gasteiger partial charge in [-0.25, -0.2) is 9.36 Å². The van der Waals surface area contributed by atoms with Gasteiger partial charge in [-0.05, 0) is 38.5 Å². The van der Waals surface area contributed by atoms with Crippen molar-refractivity contribution < 1.29 is 49.6 Å². The number of nitrogens with zero attached hydrogens (tertiary/aromatic N) is 6. The van der Waals surface area contributed by atoms with Gasteiger partial charge in [0.1, 0.15) is 48.8 Å². The lowest BCUT2D eigenvalue weighted by Gasteiger charge is -2.40. The fraction of sp³-hybridized carbons (Fsp3) is 0.833. The fourth-order valence-electron chi connectivity index (χ4n) is 5.08. The summed E-state index contributed by atoms with van der Waals surface area (Å²) in [6.45, 7) is 0.529. The maximum atomic E-state index is 10.5. The van der Waals surface area contributed by atoms with Crippen LogP contribution in [0.5, 0.6) is 0 Å². The second kappa shape index (κ2) is 13.2. The Kier molecular flexibility index (Phi) is 9.72. The van der Waals surface area contributed by atoms with E-state index in [1.165, 1.54) is 9.36 Å². The molecule has 0 amide bonds. The maximum absolute atomic E-state index is 10.5. The van der Waals surface area contributed by atoms with Crippen LogP contribution < -0.4 is 0 Å². The summed E-state index contributed by atoms with van der Waals surface area (Å²) >= 11 is 0. The van der Waals surface area contributed by atoms with Gasteiger partial charge < -0.3 is 49.6 Å². The Balaban J connectivity index is 1.26.